The van der Waals surface area contributed by atoms with E-state index in [1.165, 1.54) is 24.1 Å². The van der Waals surface area contributed by atoms with Crippen LogP contribution in [0.2, 0.25) is 0 Å². The number of sulfonamides is 1. The lowest BCUT2D eigenvalue weighted by atomic mass is 10.2. The first-order valence-electron chi connectivity index (χ1n) is 6.63. The van der Waals surface area contributed by atoms with Gasteiger partial charge >= 0.3 is 0 Å². The van der Waals surface area contributed by atoms with Gasteiger partial charge in [-0.3, -0.25) is 0 Å². The van der Waals surface area contributed by atoms with Crippen LogP contribution in [0.4, 0.5) is 0 Å². The first-order chi connectivity index (χ1) is 10.5. The van der Waals surface area contributed by atoms with Gasteiger partial charge in [0.15, 0.2) is 0 Å². The first-order valence-corrected chi connectivity index (χ1v) is 9.34. The molecule has 3 N–H and O–H groups in total. The summed E-state index contributed by atoms with van der Waals surface area (Å²) in [6.45, 7) is 0.238. The van der Waals surface area contributed by atoms with Crippen LogP contribution in [0, 0.1) is 0 Å². The Balaban J connectivity index is 2.06. The van der Waals surface area contributed by atoms with Crippen molar-refractivity contribution in [1.29, 1.82) is 0 Å². The van der Waals surface area contributed by atoms with E-state index >= 15 is 0 Å². The number of benzene rings is 2. The molecule has 0 aromatic heterocycles. The van der Waals surface area contributed by atoms with Gasteiger partial charge in [-0.05, 0) is 29.5 Å². The van der Waals surface area contributed by atoms with Crippen LogP contribution in [0.5, 0.6) is 0 Å². The van der Waals surface area contributed by atoms with Gasteiger partial charge in [0, 0.05) is 6.54 Å². The van der Waals surface area contributed by atoms with E-state index in [9.17, 15) is 13.5 Å². The van der Waals surface area contributed by atoms with Crippen molar-refractivity contribution < 1.29 is 13.5 Å². The van der Waals surface area contributed by atoms with Crippen LogP contribution < -0.4 is 9.44 Å². The minimum absolute atomic E-state index is 0.170. The van der Waals surface area contributed by atoms with Crippen LogP contribution in [0.25, 0.3) is 0 Å². The summed E-state index contributed by atoms with van der Waals surface area (Å²) in [4.78, 5) is 0.170. The lowest BCUT2D eigenvalue weighted by molar-refractivity contribution is 0.170. The summed E-state index contributed by atoms with van der Waals surface area (Å²) in [5.41, 5.74) is 1.50. The number of aliphatic hydroxyl groups excluding tert-OH is 1. The van der Waals surface area contributed by atoms with Crippen molar-refractivity contribution >= 4 is 22.0 Å². The van der Waals surface area contributed by atoms with E-state index < -0.39 is 16.3 Å². The Labute approximate surface area is 134 Å². The molecular weight excluding hydrogens is 320 g/mol. The predicted molar refractivity (Wildman–Crippen MR) is 88.5 cm³/mol. The number of rotatable bonds is 7. The van der Waals surface area contributed by atoms with E-state index in [2.05, 4.69) is 9.44 Å². The fourth-order valence-corrected chi connectivity index (χ4v) is 3.24. The van der Waals surface area contributed by atoms with Gasteiger partial charge in [0.05, 0.1) is 4.90 Å². The second-order valence-corrected chi connectivity index (χ2v) is 7.01. The smallest absolute Gasteiger partial charge is 0.240 e. The summed E-state index contributed by atoms with van der Waals surface area (Å²) >= 11 is 1.29. The van der Waals surface area contributed by atoms with Crippen molar-refractivity contribution in [2.45, 2.75) is 17.7 Å². The minimum atomic E-state index is -3.57. The van der Waals surface area contributed by atoms with E-state index in [0.29, 0.717) is 5.56 Å². The van der Waals surface area contributed by atoms with Crippen molar-refractivity contribution in [3.05, 3.63) is 65.7 Å². The minimum Gasteiger partial charge on any atom is -0.373 e. The number of nitrogens with one attached hydrogen (secondary N) is 2. The monoisotopic (exact) mass is 338 g/mol. The summed E-state index contributed by atoms with van der Waals surface area (Å²) in [5.74, 6) is 0. The molecule has 1 unspecified atom stereocenters. The standard InChI is InChI=1S/C15H18N2O3S2/c1-21-17-15(18)13-7-9-14(10-8-13)22(19,20)16-11-12-5-3-2-4-6-12/h2-10,15-18H,11H2,1H3. The van der Waals surface area contributed by atoms with Gasteiger partial charge in [0.1, 0.15) is 6.23 Å². The van der Waals surface area contributed by atoms with Crippen LogP contribution in [-0.4, -0.2) is 19.8 Å². The molecule has 0 spiro atoms. The quantitative estimate of drug-likeness (QED) is 0.532. The highest BCUT2D eigenvalue weighted by atomic mass is 32.2. The Morgan fingerprint density at radius 2 is 1.73 bits per heavy atom. The molecule has 0 aliphatic heterocycles. The largest absolute Gasteiger partial charge is 0.373 e. The summed E-state index contributed by atoms with van der Waals surface area (Å²) in [7, 11) is -3.57. The lowest BCUT2D eigenvalue weighted by Crippen LogP contribution is -2.23. The molecule has 1 atom stereocenters. The van der Waals surface area contributed by atoms with Gasteiger partial charge in [0.2, 0.25) is 10.0 Å². The average molecular weight is 338 g/mol. The molecule has 0 radical (unpaired) electrons. The Morgan fingerprint density at radius 1 is 1.09 bits per heavy atom. The molecule has 0 saturated carbocycles. The average Bonchev–Trinajstić information content (AvgIpc) is 2.54. The van der Waals surface area contributed by atoms with Crippen molar-refractivity contribution in [3.63, 3.8) is 0 Å². The predicted octanol–water partition coefficient (Wildman–Crippen LogP) is 2.02. The molecule has 0 amide bonds. The number of aliphatic hydroxyl groups is 1. The van der Waals surface area contributed by atoms with Gasteiger partial charge < -0.3 is 5.11 Å². The Hall–Kier alpha value is -1.38. The fraction of sp³-hybridized carbons (Fsp3) is 0.200. The molecule has 0 heterocycles. The van der Waals surface area contributed by atoms with Crippen molar-refractivity contribution in [2.75, 3.05) is 6.26 Å². The maximum Gasteiger partial charge on any atom is 0.240 e. The first kappa shape index (κ1) is 17.0. The second kappa shape index (κ2) is 7.75. The molecule has 0 saturated heterocycles. The van der Waals surface area contributed by atoms with Gasteiger partial charge in [-0.25, -0.2) is 17.9 Å². The summed E-state index contributed by atoms with van der Waals surface area (Å²) in [5, 5.41) is 9.77. The summed E-state index contributed by atoms with van der Waals surface area (Å²) in [6, 6.07) is 15.4. The van der Waals surface area contributed by atoms with E-state index in [1.54, 1.807) is 18.4 Å². The van der Waals surface area contributed by atoms with Crippen LogP contribution in [0.3, 0.4) is 0 Å². The molecule has 22 heavy (non-hydrogen) atoms. The van der Waals surface area contributed by atoms with Gasteiger partial charge in [0.25, 0.3) is 0 Å². The van der Waals surface area contributed by atoms with E-state index in [4.69, 9.17) is 0 Å². The van der Waals surface area contributed by atoms with E-state index in [-0.39, 0.29) is 11.4 Å². The maximum atomic E-state index is 12.2. The zero-order valence-corrected chi connectivity index (χ0v) is 13.7. The van der Waals surface area contributed by atoms with E-state index in [0.717, 1.165) is 5.56 Å². The van der Waals surface area contributed by atoms with Gasteiger partial charge in [-0.2, -0.15) is 0 Å². The molecule has 5 nitrogen and oxygen atoms in total. The molecule has 2 aromatic carbocycles. The van der Waals surface area contributed by atoms with Gasteiger partial charge in [-0.1, -0.05) is 54.4 Å². The van der Waals surface area contributed by atoms with E-state index in [1.807, 2.05) is 30.3 Å². The van der Waals surface area contributed by atoms with Crippen LogP contribution in [0.15, 0.2) is 59.5 Å². The molecule has 2 aromatic rings. The highest BCUT2D eigenvalue weighted by molar-refractivity contribution is 7.96. The Bertz CT molecular complexity index is 688. The number of hydrogen-bond acceptors (Lipinski definition) is 5. The topological polar surface area (TPSA) is 78.4 Å². The van der Waals surface area contributed by atoms with Crippen molar-refractivity contribution in [2.24, 2.45) is 0 Å². The molecule has 2 rings (SSSR count). The molecule has 0 fully saturated rings. The zero-order chi connectivity index (χ0) is 16.0. The zero-order valence-electron chi connectivity index (χ0n) is 12.1. The molecule has 0 bridgehead atoms. The highest BCUT2D eigenvalue weighted by Gasteiger charge is 2.14. The van der Waals surface area contributed by atoms with Crippen LogP contribution in [-0.2, 0) is 16.6 Å². The van der Waals surface area contributed by atoms with Crippen LogP contribution >= 0.6 is 11.9 Å². The maximum absolute atomic E-state index is 12.2. The third kappa shape index (κ3) is 4.56. The van der Waals surface area contributed by atoms with Crippen molar-refractivity contribution in [3.8, 4) is 0 Å². The summed E-state index contributed by atoms with van der Waals surface area (Å²) in [6.07, 6.45) is 0.972. The molecular formula is C15H18N2O3S2. The number of hydrogen-bond donors (Lipinski definition) is 3. The molecule has 0 aliphatic rings. The third-order valence-corrected chi connectivity index (χ3v) is 4.92. The van der Waals surface area contributed by atoms with Crippen LogP contribution in [0.1, 0.15) is 17.4 Å². The normalized spacial score (nSPS) is 13.0. The van der Waals surface area contributed by atoms with Crippen molar-refractivity contribution in [1.82, 2.24) is 9.44 Å². The fourth-order valence-electron chi connectivity index (χ4n) is 1.87. The van der Waals surface area contributed by atoms with Gasteiger partial charge in [-0.15, -0.1) is 0 Å². The second-order valence-electron chi connectivity index (χ2n) is 4.60. The third-order valence-electron chi connectivity index (χ3n) is 3.04. The molecule has 7 heteroatoms. The molecule has 0 aliphatic carbocycles. The lowest BCUT2D eigenvalue weighted by Gasteiger charge is -2.12. The Morgan fingerprint density at radius 3 is 2.32 bits per heavy atom. The SMILES string of the molecule is CSNC(O)c1ccc(S(=O)(=O)NCc2ccccc2)cc1. The Kier molecular flexibility index (Phi) is 5.98. The molecule has 118 valence electrons. The summed E-state index contributed by atoms with van der Waals surface area (Å²) < 4.78 is 29.8. The highest BCUT2D eigenvalue weighted by Crippen LogP contribution is 2.16.